The molecule has 0 aromatic carbocycles. The maximum atomic E-state index is 12.3. The molecule has 0 atom stereocenters. The minimum atomic E-state index is -0.144. The second-order valence-electron chi connectivity index (χ2n) is 9.71. The highest BCUT2D eigenvalue weighted by Gasteiger charge is 2.26. The lowest BCUT2D eigenvalue weighted by Gasteiger charge is -2.37. The van der Waals surface area contributed by atoms with Crippen molar-refractivity contribution >= 4 is 22.8 Å². The summed E-state index contributed by atoms with van der Waals surface area (Å²) in [4.78, 5) is 19.4. The van der Waals surface area contributed by atoms with Gasteiger partial charge < -0.3 is 10.1 Å². The van der Waals surface area contributed by atoms with Crippen molar-refractivity contribution in [3.8, 4) is 23.1 Å². The first-order chi connectivity index (χ1) is 19.4. The lowest BCUT2D eigenvalue weighted by atomic mass is 10.1. The number of nitriles is 1. The molecule has 6 rings (SSSR count). The number of carbonyl (C=O) groups is 1. The van der Waals surface area contributed by atoms with Crippen molar-refractivity contribution < 1.29 is 9.53 Å². The Kier molecular flexibility index (Phi) is 6.51. The Morgan fingerprint density at radius 3 is 2.73 bits per heavy atom. The number of ketones is 1. The number of nitrogens with one attached hydrogen (secondary N) is 1. The molecular formula is C28H26N10O2. The van der Waals surface area contributed by atoms with Crippen LogP contribution < -0.4 is 5.32 Å². The van der Waals surface area contributed by atoms with E-state index >= 15 is 0 Å². The van der Waals surface area contributed by atoms with E-state index in [1.165, 1.54) is 11.6 Å². The molecule has 0 bridgehead atoms. The molecule has 0 saturated carbocycles. The fraction of sp³-hybridized carbons (Fsp3) is 0.250. The average Bonchev–Trinajstić information content (AvgIpc) is 3.53. The van der Waals surface area contributed by atoms with Crippen LogP contribution in [0, 0.1) is 18.3 Å². The first-order valence-corrected chi connectivity index (χ1v) is 12.7. The molecule has 6 heterocycles. The summed E-state index contributed by atoms with van der Waals surface area (Å²) >= 11 is 0. The van der Waals surface area contributed by atoms with Gasteiger partial charge in [-0.25, -0.2) is 14.2 Å². The molecule has 12 heteroatoms. The minimum Gasteiger partial charge on any atom is -0.379 e. The average molecular weight is 535 g/mol. The Balaban J connectivity index is 1.24. The van der Waals surface area contributed by atoms with Crippen molar-refractivity contribution in [2.75, 3.05) is 25.5 Å². The highest BCUT2D eigenvalue weighted by atomic mass is 16.5. The number of carbonyl (C=O) groups excluding carboxylic acids is 1. The van der Waals surface area contributed by atoms with E-state index < -0.39 is 0 Å². The number of nitrogens with zero attached hydrogens (tertiary/aromatic N) is 9. The first-order valence-electron chi connectivity index (χ1n) is 12.7. The SMILES string of the molecule is COC1CN(Cc2ccc(Nc3ccc4c(-c5ccc(C(C)=O)c(-n6nc(C#N)cc6C)n5)cnn4c3)nn2)C1. The zero-order chi connectivity index (χ0) is 27.8. The Morgan fingerprint density at radius 1 is 1.18 bits per heavy atom. The van der Waals surface area contributed by atoms with Crippen LogP contribution in [0.15, 0.2) is 54.9 Å². The van der Waals surface area contributed by atoms with Crippen LogP contribution in [0.2, 0.25) is 0 Å². The molecule has 0 radical (unpaired) electrons. The predicted octanol–water partition coefficient (Wildman–Crippen LogP) is 3.33. The molecule has 0 spiro atoms. The molecule has 1 saturated heterocycles. The Morgan fingerprint density at radius 2 is 2.02 bits per heavy atom. The summed E-state index contributed by atoms with van der Waals surface area (Å²) in [7, 11) is 1.74. The quantitative estimate of drug-likeness (QED) is 0.295. The third-order valence-electron chi connectivity index (χ3n) is 6.88. The Labute approximate surface area is 229 Å². The maximum absolute atomic E-state index is 12.3. The van der Waals surface area contributed by atoms with Gasteiger partial charge in [0.15, 0.2) is 23.1 Å². The van der Waals surface area contributed by atoms with Gasteiger partial charge in [0, 0.05) is 38.0 Å². The summed E-state index contributed by atoms with van der Waals surface area (Å²) in [5.41, 5.74) is 5.33. The van der Waals surface area contributed by atoms with Crippen molar-refractivity contribution in [1.29, 1.82) is 5.26 Å². The van der Waals surface area contributed by atoms with Gasteiger partial charge in [0.05, 0.1) is 46.7 Å². The second kappa shape index (κ2) is 10.3. The number of anilines is 2. The first kappa shape index (κ1) is 25.3. The predicted molar refractivity (Wildman–Crippen MR) is 146 cm³/mol. The lowest BCUT2D eigenvalue weighted by molar-refractivity contribution is -0.0340. The highest BCUT2D eigenvalue weighted by Crippen LogP contribution is 2.28. The van der Waals surface area contributed by atoms with Gasteiger partial charge in [0.1, 0.15) is 6.07 Å². The van der Waals surface area contributed by atoms with E-state index in [9.17, 15) is 10.1 Å². The van der Waals surface area contributed by atoms with Crippen LogP contribution in [0.5, 0.6) is 0 Å². The highest BCUT2D eigenvalue weighted by molar-refractivity contribution is 5.97. The second-order valence-corrected chi connectivity index (χ2v) is 9.71. The summed E-state index contributed by atoms with van der Waals surface area (Å²) in [5.74, 6) is 0.858. The van der Waals surface area contributed by atoms with Crippen LogP contribution in [0.1, 0.15) is 34.4 Å². The number of fused-ring (bicyclic) bond motifs is 1. The van der Waals surface area contributed by atoms with Crippen molar-refractivity contribution in [3.05, 3.63) is 77.5 Å². The number of hydrogen-bond donors (Lipinski definition) is 1. The number of methoxy groups -OCH3 is 1. The summed E-state index contributed by atoms with van der Waals surface area (Å²) in [5, 5.41) is 30.0. The number of likely N-dealkylation sites (tertiary alicyclic amines) is 1. The number of aromatic nitrogens is 7. The normalized spacial score (nSPS) is 13.8. The number of Topliss-reactive ketones (excluding diaryl/α,β-unsaturated/α-hetero) is 1. The van der Waals surface area contributed by atoms with Crippen molar-refractivity contribution in [2.45, 2.75) is 26.5 Å². The van der Waals surface area contributed by atoms with E-state index in [4.69, 9.17) is 9.72 Å². The van der Waals surface area contributed by atoms with Gasteiger partial charge in [0.2, 0.25) is 0 Å². The fourth-order valence-corrected chi connectivity index (χ4v) is 4.72. The number of aryl methyl sites for hydroxylation is 1. The molecule has 12 nitrogen and oxygen atoms in total. The van der Waals surface area contributed by atoms with E-state index in [0.29, 0.717) is 34.7 Å². The molecule has 200 valence electrons. The molecule has 0 unspecified atom stereocenters. The number of hydrogen-bond acceptors (Lipinski definition) is 10. The monoisotopic (exact) mass is 534 g/mol. The van der Waals surface area contributed by atoms with Gasteiger partial charge in [-0.1, -0.05) is 0 Å². The van der Waals surface area contributed by atoms with Crippen LogP contribution in [0.3, 0.4) is 0 Å². The zero-order valence-corrected chi connectivity index (χ0v) is 22.2. The summed E-state index contributed by atoms with van der Waals surface area (Å²) in [6, 6.07) is 15.0. The van der Waals surface area contributed by atoms with Gasteiger partial charge in [-0.15, -0.1) is 5.10 Å². The smallest absolute Gasteiger partial charge is 0.165 e. The lowest BCUT2D eigenvalue weighted by Crippen LogP contribution is -2.51. The molecule has 5 aromatic rings. The van der Waals surface area contributed by atoms with Gasteiger partial charge in [0.25, 0.3) is 0 Å². The topological polar surface area (TPSA) is 139 Å². The Bertz CT molecular complexity index is 1760. The van der Waals surface area contributed by atoms with Crippen molar-refractivity contribution in [1.82, 2.24) is 39.5 Å². The standard InChI is InChI=1S/C28H26N10O2/c1-17-10-21(11-29)35-38(17)28-23(18(2)39)6-7-25(32-28)24-12-30-37-14-19(4-8-26(24)37)31-27-9-5-20(33-34-27)13-36-15-22(16-36)40-3/h4-10,12,14,22H,13,15-16H2,1-3H3,(H,31,34). The molecule has 1 aliphatic rings. The van der Waals surface area contributed by atoms with Crippen LogP contribution in [0.25, 0.3) is 22.6 Å². The Hall–Kier alpha value is -4.99. The van der Waals surface area contributed by atoms with Crippen LogP contribution in [0.4, 0.5) is 11.5 Å². The molecule has 1 fully saturated rings. The maximum Gasteiger partial charge on any atom is 0.165 e. The number of rotatable bonds is 8. The summed E-state index contributed by atoms with van der Waals surface area (Å²) in [6.07, 6.45) is 3.90. The zero-order valence-electron chi connectivity index (χ0n) is 22.2. The van der Waals surface area contributed by atoms with E-state index in [2.05, 4.69) is 30.6 Å². The van der Waals surface area contributed by atoms with Crippen molar-refractivity contribution in [3.63, 3.8) is 0 Å². The molecular weight excluding hydrogens is 508 g/mol. The van der Waals surface area contributed by atoms with Gasteiger partial charge in [-0.2, -0.15) is 20.6 Å². The molecule has 40 heavy (non-hydrogen) atoms. The molecule has 1 aliphatic heterocycles. The van der Waals surface area contributed by atoms with Gasteiger partial charge in [-0.05, 0) is 56.3 Å². The van der Waals surface area contributed by atoms with Gasteiger partial charge >= 0.3 is 0 Å². The van der Waals surface area contributed by atoms with Crippen LogP contribution >= 0.6 is 0 Å². The molecule has 5 aromatic heterocycles. The molecule has 0 aliphatic carbocycles. The van der Waals surface area contributed by atoms with E-state index in [0.717, 1.165) is 42.1 Å². The third-order valence-corrected chi connectivity index (χ3v) is 6.88. The molecule has 1 N–H and O–H groups in total. The fourth-order valence-electron chi connectivity index (χ4n) is 4.72. The number of ether oxygens (including phenoxy) is 1. The minimum absolute atomic E-state index is 0.144. The van der Waals surface area contributed by atoms with E-state index in [1.54, 1.807) is 36.0 Å². The summed E-state index contributed by atoms with van der Waals surface area (Å²) in [6.45, 7) is 5.86. The number of pyridine rings is 2. The molecule has 0 amide bonds. The van der Waals surface area contributed by atoms with Crippen LogP contribution in [-0.4, -0.2) is 71.6 Å². The van der Waals surface area contributed by atoms with Gasteiger partial charge in [-0.3, -0.25) is 9.69 Å². The van der Waals surface area contributed by atoms with E-state index in [-0.39, 0.29) is 11.5 Å². The van der Waals surface area contributed by atoms with Crippen LogP contribution in [-0.2, 0) is 11.3 Å². The van der Waals surface area contributed by atoms with Crippen molar-refractivity contribution in [2.24, 2.45) is 0 Å². The summed E-state index contributed by atoms with van der Waals surface area (Å²) < 4.78 is 8.60. The largest absolute Gasteiger partial charge is 0.379 e. The van der Waals surface area contributed by atoms with E-state index in [1.807, 2.05) is 43.5 Å². The third kappa shape index (κ3) is 4.79.